The highest BCUT2D eigenvalue weighted by atomic mass is 16.6. The number of nitrogens with zero attached hydrogens (tertiary/aromatic N) is 2. The second-order valence-electron chi connectivity index (χ2n) is 3.17. The van der Waals surface area contributed by atoms with Crippen LogP contribution in [0.3, 0.4) is 0 Å². The molecule has 92 valence electrons. The maximum Gasteiger partial charge on any atom is 0.348 e. The average Bonchev–Trinajstić information content (AvgIpc) is 2.59. The molecule has 0 aliphatic carbocycles. The minimum atomic E-state index is -0.245. The van der Waals surface area contributed by atoms with Crippen molar-refractivity contribution in [3.8, 4) is 0 Å². The SMILES string of the molecule is C.CCOCCOC(=O)Cn1cc[n+](C)c1. The van der Waals surface area contributed by atoms with Crippen molar-refractivity contribution in [2.75, 3.05) is 19.8 Å². The Morgan fingerprint density at radius 3 is 2.75 bits per heavy atom. The first-order valence-corrected chi connectivity index (χ1v) is 4.96. The van der Waals surface area contributed by atoms with Crippen molar-refractivity contribution in [2.24, 2.45) is 7.05 Å². The summed E-state index contributed by atoms with van der Waals surface area (Å²) in [5, 5.41) is 0. The van der Waals surface area contributed by atoms with Crippen LogP contribution in [0.4, 0.5) is 0 Å². The first kappa shape index (κ1) is 14.6. The molecule has 1 heterocycles. The van der Waals surface area contributed by atoms with E-state index in [1.54, 1.807) is 4.57 Å². The molecule has 0 aliphatic rings. The van der Waals surface area contributed by atoms with E-state index in [2.05, 4.69) is 0 Å². The van der Waals surface area contributed by atoms with Crippen molar-refractivity contribution in [2.45, 2.75) is 20.9 Å². The molecule has 16 heavy (non-hydrogen) atoms. The molecule has 1 aromatic rings. The maximum absolute atomic E-state index is 11.3. The van der Waals surface area contributed by atoms with Gasteiger partial charge in [0, 0.05) is 6.61 Å². The summed E-state index contributed by atoms with van der Waals surface area (Å²) in [6, 6.07) is 0. The summed E-state index contributed by atoms with van der Waals surface area (Å²) in [5.41, 5.74) is 0. The summed E-state index contributed by atoms with van der Waals surface area (Å²) in [7, 11) is 1.90. The molecule has 0 spiro atoms. The largest absolute Gasteiger partial charge is 0.460 e. The highest BCUT2D eigenvalue weighted by Crippen LogP contribution is 1.88. The van der Waals surface area contributed by atoms with Gasteiger partial charge in [0.2, 0.25) is 6.33 Å². The van der Waals surface area contributed by atoms with E-state index in [1.807, 2.05) is 37.3 Å². The number of ether oxygens (including phenoxy) is 2. The summed E-state index contributed by atoms with van der Waals surface area (Å²) in [5.74, 6) is -0.245. The van der Waals surface area contributed by atoms with Crippen LogP contribution in [0.25, 0.3) is 0 Å². The Labute approximate surface area is 96.6 Å². The van der Waals surface area contributed by atoms with Gasteiger partial charge in [-0.15, -0.1) is 0 Å². The molecule has 5 nitrogen and oxygen atoms in total. The van der Waals surface area contributed by atoms with E-state index in [0.717, 1.165) is 0 Å². The molecule has 0 radical (unpaired) electrons. The molecule has 0 saturated carbocycles. The Balaban J connectivity index is 0.00000225. The van der Waals surface area contributed by atoms with Gasteiger partial charge in [0.15, 0.2) is 6.54 Å². The van der Waals surface area contributed by atoms with Crippen molar-refractivity contribution < 1.29 is 18.8 Å². The topological polar surface area (TPSA) is 44.3 Å². The second kappa shape index (κ2) is 7.87. The fourth-order valence-corrected chi connectivity index (χ4v) is 1.15. The molecule has 0 atom stereocenters. The highest BCUT2D eigenvalue weighted by molar-refractivity contribution is 5.69. The van der Waals surface area contributed by atoms with E-state index in [-0.39, 0.29) is 19.9 Å². The molecule has 0 saturated heterocycles. The number of imidazole rings is 1. The third-order valence-corrected chi connectivity index (χ3v) is 1.83. The number of aromatic nitrogens is 2. The van der Waals surface area contributed by atoms with E-state index >= 15 is 0 Å². The minimum Gasteiger partial charge on any atom is -0.460 e. The van der Waals surface area contributed by atoms with Crippen LogP contribution in [0.1, 0.15) is 14.4 Å². The molecule has 1 rings (SSSR count). The van der Waals surface area contributed by atoms with Gasteiger partial charge < -0.3 is 9.47 Å². The van der Waals surface area contributed by atoms with E-state index in [0.29, 0.717) is 19.8 Å². The Hall–Kier alpha value is -1.36. The van der Waals surface area contributed by atoms with Crippen LogP contribution in [0.2, 0.25) is 0 Å². The van der Waals surface area contributed by atoms with E-state index in [4.69, 9.17) is 9.47 Å². The average molecular weight is 229 g/mol. The summed E-state index contributed by atoms with van der Waals surface area (Å²) >= 11 is 0. The van der Waals surface area contributed by atoms with Crippen LogP contribution in [0.15, 0.2) is 18.7 Å². The zero-order valence-electron chi connectivity index (χ0n) is 9.18. The van der Waals surface area contributed by atoms with Crippen LogP contribution >= 0.6 is 0 Å². The molecule has 1 aromatic heterocycles. The zero-order valence-corrected chi connectivity index (χ0v) is 9.18. The van der Waals surface area contributed by atoms with Crippen LogP contribution in [-0.2, 0) is 27.9 Å². The second-order valence-corrected chi connectivity index (χ2v) is 3.17. The lowest BCUT2D eigenvalue weighted by molar-refractivity contribution is -0.671. The number of carbonyl (C=O) groups excluding carboxylic acids is 1. The van der Waals surface area contributed by atoms with Crippen LogP contribution in [-0.4, -0.2) is 30.4 Å². The fourth-order valence-electron chi connectivity index (χ4n) is 1.15. The van der Waals surface area contributed by atoms with Crippen molar-refractivity contribution in [1.82, 2.24) is 4.57 Å². The molecule has 0 unspecified atom stereocenters. The lowest BCUT2D eigenvalue weighted by Gasteiger charge is -2.02. The first-order chi connectivity index (χ1) is 7.22. The van der Waals surface area contributed by atoms with Gasteiger partial charge in [0.05, 0.1) is 13.7 Å². The number of esters is 1. The van der Waals surface area contributed by atoms with Gasteiger partial charge in [-0.05, 0) is 6.92 Å². The van der Waals surface area contributed by atoms with Gasteiger partial charge in [-0.25, -0.2) is 13.9 Å². The molecular weight excluding hydrogens is 208 g/mol. The lowest BCUT2D eigenvalue weighted by atomic mass is 10.6. The monoisotopic (exact) mass is 229 g/mol. The molecule has 0 aliphatic heterocycles. The van der Waals surface area contributed by atoms with Crippen molar-refractivity contribution in [1.29, 1.82) is 0 Å². The van der Waals surface area contributed by atoms with Gasteiger partial charge in [-0.2, -0.15) is 0 Å². The standard InChI is InChI=1S/C10H17N2O3.CH4/c1-3-14-6-7-15-10(13)8-12-5-4-11(2)9-12;/h4-5,9H,3,6-8H2,1-2H3;1H4/q+1;. The van der Waals surface area contributed by atoms with Gasteiger partial charge in [-0.1, -0.05) is 7.43 Å². The van der Waals surface area contributed by atoms with Crippen molar-refractivity contribution in [3.05, 3.63) is 18.7 Å². The molecule has 0 bridgehead atoms. The number of hydrogen-bond acceptors (Lipinski definition) is 3. The quantitative estimate of drug-likeness (QED) is 0.406. The fraction of sp³-hybridized carbons (Fsp3) is 0.636. The molecule has 0 N–H and O–H groups in total. The third-order valence-electron chi connectivity index (χ3n) is 1.83. The molecule has 0 aromatic carbocycles. The van der Waals surface area contributed by atoms with Crippen molar-refractivity contribution >= 4 is 5.97 Å². The molecule has 0 amide bonds. The van der Waals surface area contributed by atoms with Crippen LogP contribution < -0.4 is 4.57 Å². The van der Waals surface area contributed by atoms with E-state index in [1.165, 1.54) is 0 Å². The minimum absolute atomic E-state index is 0. The Morgan fingerprint density at radius 1 is 1.44 bits per heavy atom. The zero-order chi connectivity index (χ0) is 11.1. The number of rotatable bonds is 6. The van der Waals surface area contributed by atoms with E-state index in [9.17, 15) is 4.79 Å². The first-order valence-electron chi connectivity index (χ1n) is 4.96. The summed E-state index contributed by atoms with van der Waals surface area (Å²) in [6.45, 7) is 3.57. The van der Waals surface area contributed by atoms with Crippen molar-refractivity contribution in [3.63, 3.8) is 0 Å². The summed E-state index contributed by atoms with van der Waals surface area (Å²) in [6.07, 6.45) is 5.51. The lowest BCUT2D eigenvalue weighted by Crippen LogP contribution is -2.24. The number of aryl methyl sites for hydroxylation is 1. The molecular formula is C11H21N2O3+. The number of hydrogen-bond donors (Lipinski definition) is 0. The van der Waals surface area contributed by atoms with Gasteiger partial charge in [0.25, 0.3) is 0 Å². The third kappa shape index (κ3) is 5.50. The highest BCUT2D eigenvalue weighted by Gasteiger charge is 2.08. The Morgan fingerprint density at radius 2 is 2.19 bits per heavy atom. The van der Waals surface area contributed by atoms with Gasteiger partial charge in [0.1, 0.15) is 19.0 Å². The predicted octanol–water partition coefficient (Wildman–Crippen LogP) is 0.528. The normalized spacial score (nSPS) is 9.62. The van der Waals surface area contributed by atoms with E-state index < -0.39 is 0 Å². The van der Waals surface area contributed by atoms with Crippen LogP contribution in [0.5, 0.6) is 0 Å². The predicted molar refractivity (Wildman–Crippen MR) is 59.8 cm³/mol. The van der Waals surface area contributed by atoms with Crippen LogP contribution in [0, 0.1) is 0 Å². The summed E-state index contributed by atoms with van der Waals surface area (Å²) in [4.78, 5) is 11.3. The summed E-state index contributed by atoms with van der Waals surface area (Å²) < 4.78 is 13.6. The molecule has 5 heteroatoms. The number of carbonyl (C=O) groups is 1. The Kier molecular flexibility index (Phi) is 7.20. The Bertz CT molecular complexity index is 310. The van der Waals surface area contributed by atoms with Gasteiger partial charge in [-0.3, -0.25) is 0 Å². The smallest absolute Gasteiger partial charge is 0.348 e. The maximum atomic E-state index is 11.3. The molecule has 0 fully saturated rings. The van der Waals surface area contributed by atoms with Gasteiger partial charge >= 0.3 is 5.97 Å².